The van der Waals surface area contributed by atoms with Gasteiger partial charge in [-0.1, -0.05) is 207 Å². The molecule has 49 heavy (non-hydrogen) atoms. The topological polar surface area (TPSA) is 58.6 Å². The Morgan fingerprint density at radius 2 is 1.04 bits per heavy atom. The molecule has 2 N–H and O–H groups in total. The lowest BCUT2D eigenvalue weighted by Gasteiger charge is -2.37. The third-order valence-electron chi connectivity index (χ3n) is 9.59. The second-order valence-corrected chi connectivity index (χ2v) is 13.7. The number of aliphatic hydroxyl groups is 1. The minimum Gasteiger partial charge on any atom is -0.387 e. The molecule has 0 unspecified atom stereocenters. The summed E-state index contributed by atoms with van der Waals surface area (Å²) in [5.74, 6) is -0.0346. The van der Waals surface area contributed by atoms with Crippen LogP contribution in [0, 0.1) is 0 Å². The largest absolute Gasteiger partial charge is 0.387 e. The molecule has 3 rings (SSSR count). The molecule has 0 bridgehead atoms. The zero-order valence-corrected chi connectivity index (χ0v) is 30.7. The lowest BCUT2D eigenvalue weighted by atomic mass is 9.80. The number of allylic oxidation sites excluding steroid dienone is 1. The Hall–Kier alpha value is -3.21. The average Bonchev–Trinajstić information content (AvgIpc) is 3.14. The van der Waals surface area contributed by atoms with Crippen molar-refractivity contribution < 1.29 is 14.6 Å². The summed E-state index contributed by atoms with van der Waals surface area (Å²) >= 11 is 0. The quantitative estimate of drug-likeness (QED) is 0.0483. The molecule has 0 aliphatic rings. The smallest absolute Gasteiger partial charge is 0.220 e. The minimum absolute atomic E-state index is 0.0346. The highest BCUT2D eigenvalue weighted by Crippen LogP contribution is 2.40. The van der Waals surface area contributed by atoms with E-state index in [2.05, 4.69) is 61.6 Å². The SMILES string of the molecule is CCCCCCCCCCCCC/C=C\[C@@H](O)[C@H](COC(c1ccccc1)(c1ccccc1)c1ccccc1)NC(=O)CCCCCCC. The number of aliphatic hydroxyl groups excluding tert-OH is 1. The van der Waals surface area contributed by atoms with E-state index < -0.39 is 17.7 Å². The monoisotopic (exact) mass is 667 g/mol. The maximum absolute atomic E-state index is 13.2. The molecule has 3 aromatic rings. The number of carbonyl (C=O) groups excluding carboxylic acids is 1. The van der Waals surface area contributed by atoms with Crippen molar-refractivity contribution in [2.75, 3.05) is 6.61 Å². The van der Waals surface area contributed by atoms with Gasteiger partial charge in [-0.2, -0.15) is 0 Å². The molecular weight excluding hydrogens is 602 g/mol. The molecule has 0 aliphatic carbocycles. The van der Waals surface area contributed by atoms with E-state index in [1.807, 2.05) is 60.7 Å². The average molecular weight is 668 g/mol. The van der Waals surface area contributed by atoms with E-state index in [4.69, 9.17) is 4.74 Å². The molecule has 0 aliphatic heterocycles. The Morgan fingerprint density at radius 3 is 1.49 bits per heavy atom. The maximum atomic E-state index is 13.2. The third-order valence-corrected chi connectivity index (χ3v) is 9.59. The number of ether oxygens (including phenoxy) is 1. The van der Waals surface area contributed by atoms with Gasteiger partial charge in [-0.05, 0) is 36.0 Å². The second-order valence-electron chi connectivity index (χ2n) is 13.7. The van der Waals surface area contributed by atoms with Gasteiger partial charge in [0.05, 0.1) is 18.8 Å². The highest BCUT2D eigenvalue weighted by atomic mass is 16.5. The Balaban J connectivity index is 1.69. The molecule has 0 aromatic heterocycles. The Kier molecular flexibility index (Phi) is 20.4. The summed E-state index contributed by atoms with van der Waals surface area (Å²) in [5.41, 5.74) is 2.06. The van der Waals surface area contributed by atoms with Crippen LogP contribution in [0.25, 0.3) is 0 Å². The maximum Gasteiger partial charge on any atom is 0.220 e. The van der Waals surface area contributed by atoms with Gasteiger partial charge in [0, 0.05) is 6.42 Å². The highest BCUT2D eigenvalue weighted by Gasteiger charge is 2.38. The summed E-state index contributed by atoms with van der Waals surface area (Å²) < 4.78 is 7.04. The molecule has 2 atom stereocenters. The van der Waals surface area contributed by atoms with Gasteiger partial charge in [-0.25, -0.2) is 0 Å². The first kappa shape index (κ1) is 40.2. The number of hydrogen-bond donors (Lipinski definition) is 2. The van der Waals surface area contributed by atoms with Gasteiger partial charge in [-0.3, -0.25) is 4.79 Å². The lowest BCUT2D eigenvalue weighted by molar-refractivity contribution is -0.123. The van der Waals surface area contributed by atoms with E-state index >= 15 is 0 Å². The first-order chi connectivity index (χ1) is 24.1. The normalized spacial score (nSPS) is 13.0. The number of amides is 1. The number of benzene rings is 3. The van der Waals surface area contributed by atoms with E-state index in [0.717, 1.165) is 48.8 Å². The van der Waals surface area contributed by atoms with E-state index in [-0.39, 0.29) is 12.5 Å². The molecule has 0 saturated carbocycles. The zero-order valence-electron chi connectivity index (χ0n) is 30.7. The number of carbonyl (C=O) groups is 1. The molecule has 268 valence electrons. The van der Waals surface area contributed by atoms with Gasteiger partial charge in [-0.15, -0.1) is 0 Å². The summed E-state index contributed by atoms with van der Waals surface area (Å²) in [6.45, 7) is 4.61. The molecule has 0 spiro atoms. The van der Waals surface area contributed by atoms with Gasteiger partial charge in [0.25, 0.3) is 0 Å². The zero-order chi connectivity index (χ0) is 34.8. The second kappa shape index (κ2) is 24.8. The summed E-state index contributed by atoms with van der Waals surface area (Å²) in [4.78, 5) is 13.2. The van der Waals surface area contributed by atoms with Crippen molar-refractivity contribution in [3.05, 3.63) is 120 Å². The van der Waals surface area contributed by atoms with Crippen LogP contribution in [0.4, 0.5) is 0 Å². The Morgan fingerprint density at radius 1 is 0.633 bits per heavy atom. The third kappa shape index (κ3) is 14.7. The van der Waals surface area contributed by atoms with Crippen LogP contribution in [0.2, 0.25) is 0 Å². The predicted molar refractivity (Wildman–Crippen MR) is 207 cm³/mol. The van der Waals surface area contributed by atoms with Crippen molar-refractivity contribution in [2.24, 2.45) is 0 Å². The highest BCUT2D eigenvalue weighted by molar-refractivity contribution is 5.76. The Labute approximate surface area is 298 Å². The van der Waals surface area contributed by atoms with Crippen LogP contribution in [0.3, 0.4) is 0 Å². The van der Waals surface area contributed by atoms with Crippen molar-refractivity contribution in [2.45, 2.75) is 147 Å². The lowest BCUT2D eigenvalue weighted by Crippen LogP contribution is -2.48. The van der Waals surface area contributed by atoms with Gasteiger partial charge in [0.2, 0.25) is 5.91 Å². The van der Waals surface area contributed by atoms with Crippen molar-refractivity contribution in [3.63, 3.8) is 0 Å². The first-order valence-electron chi connectivity index (χ1n) is 19.6. The number of rotatable bonds is 27. The van der Waals surface area contributed by atoms with Crippen LogP contribution in [0.15, 0.2) is 103 Å². The molecule has 0 radical (unpaired) electrons. The van der Waals surface area contributed by atoms with Crippen LogP contribution in [-0.2, 0) is 15.1 Å². The number of hydrogen-bond acceptors (Lipinski definition) is 3. The molecule has 4 heteroatoms. The summed E-state index contributed by atoms with van der Waals surface area (Å²) in [6, 6.07) is 30.2. The standard InChI is InChI=1S/C45H65NO3/c1-3-5-7-9-10-11-12-13-14-15-16-18-28-36-43(47)42(46-44(48)37-29-17-8-6-4-2)38-49-45(39-30-22-19-23-31-39,40-32-24-20-25-33-40)41-34-26-21-27-35-41/h19-28,30-36,42-43,47H,3-18,29,37-38H2,1-2H3,(H,46,48)/b36-28-/t42-,43+/m0/s1. The van der Waals surface area contributed by atoms with Crippen molar-refractivity contribution in [1.82, 2.24) is 5.32 Å². The van der Waals surface area contributed by atoms with Crippen LogP contribution in [0.5, 0.6) is 0 Å². The number of nitrogens with one attached hydrogen (secondary N) is 1. The fraction of sp³-hybridized carbons (Fsp3) is 0.533. The summed E-state index contributed by atoms with van der Waals surface area (Å²) in [6.07, 6.45) is 24.3. The fourth-order valence-electron chi connectivity index (χ4n) is 6.67. The number of unbranched alkanes of at least 4 members (excludes halogenated alkanes) is 15. The summed E-state index contributed by atoms with van der Waals surface area (Å²) in [7, 11) is 0. The van der Waals surface area contributed by atoms with E-state index in [9.17, 15) is 9.90 Å². The molecule has 3 aromatic carbocycles. The van der Waals surface area contributed by atoms with Gasteiger partial charge < -0.3 is 15.2 Å². The first-order valence-corrected chi connectivity index (χ1v) is 19.6. The van der Waals surface area contributed by atoms with E-state index in [1.165, 1.54) is 77.0 Å². The fourth-order valence-corrected chi connectivity index (χ4v) is 6.67. The van der Waals surface area contributed by atoms with E-state index in [0.29, 0.717) is 6.42 Å². The van der Waals surface area contributed by atoms with Crippen molar-refractivity contribution in [1.29, 1.82) is 0 Å². The molecule has 4 nitrogen and oxygen atoms in total. The molecule has 0 saturated heterocycles. The van der Waals surface area contributed by atoms with Crippen LogP contribution in [-0.4, -0.2) is 29.8 Å². The van der Waals surface area contributed by atoms with Gasteiger partial charge in [0.15, 0.2) is 0 Å². The van der Waals surface area contributed by atoms with Crippen LogP contribution in [0.1, 0.15) is 146 Å². The molecular formula is C45H65NO3. The minimum atomic E-state index is -0.925. The van der Waals surface area contributed by atoms with E-state index in [1.54, 1.807) is 0 Å². The van der Waals surface area contributed by atoms with Gasteiger partial charge in [0.1, 0.15) is 5.60 Å². The van der Waals surface area contributed by atoms with Gasteiger partial charge >= 0.3 is 0 Å². The van der Waals surface area contributed by atoms with Crippen LogP contribution >= 0.6 is 0 Å². The molecule has 0 fully saturated rings. The summed E-state index contributed by atoms with van der Waals surface area (Å²) in [5, 5.41) is 14.7. The van der Waals surface area contributed by atoms with Crippen molar-refractivity contribution in [3.8, 4) is 0 Å². The van der Waals surface area contributed by atoms with Crippen LogP contribution < -0.4 is 5.32 Å². The predicted octanol–water partition coefficient (Wildman–Crippen LogP) is 11.5. The molecule has 0 heterocycles. The molecule has 1 amide bonds. The van der Waals surface area contributed by atoms with Crippen molar-refractivity contribution >= 4 is 5.91 Å². The Bertz CT molecular complexity index is 1160.